The molecule has 0 bridgehead atoms. The van der Waals surface area contributed by atoms with E-state index in [1.54, 1.807) is 0 Å². The minimum absolute atomic E-state index is 0.817. The molecule has 4 aliphatic rings. The highest BCUT2D eigenvalue weighted by molar-refractivity contribution is 4.96. The summed E-state index contributed by atoms with van der Waals surface area (Å²) in [7, 11) is 0. The molecule has 2 heteroatoms. The summed E-state index contributed by atoms with van der Waals surface area (Å²) in [5, 5.41) is 3.94. The quantitative estimate of drug-likeness (QED) is 0.808. The number of nitrogens with one attached hydrogen (secondary N) is 1. The molecule has 5 atom stereocenters. The SMILES string of the molecule is C1CC2CN(CC3CC4CCCCC4N3)CC2C1. The maximum Gasteiger partial charge on any atom is 0.0200 e. The monoisotopic (exact) mass is 248 g/mol. The summed E-state index contributed by atoms with van der Waals surface area (Å²) in [5.74, 6) is 3.15. The third-order valence-corrected chi connectivity index (χ3v) is 6.23. The molecule has 4 fully saturated rings. The van der Waals surface area contributed by atoms with Crippen molar-refractivity contribution < 1.29 is 0 Å². The summed E-state index contributed by atoms with van der Waals surface area (Å²) in [6.07, 6.45) is 11.9. The van der Waals surface area contributed by atoms with Crippen molar-refractivity contribution in [3.05, 3.63) is 0 Å². The van der Waals surface area contributed by atoms with Gasteiger partial charge in [0.25, 0.3) is 0 Å². The van der Waals surface area contributed by atoms with Crippen molar-refractivity contribution in [1.82, 2.24) is 10.2 Å². The number of nitrogens with zero attached hydrogens (tertiary/aromatic N) is 1. The predicted octanol–water partition coefficient (Wildman–Crippen LogP) is 2.64. The zero-order valence-electron chi connectivity index (χ0n) is 11.6. The Hall–Kier alpha value is -0.0800. The van der Waals surface area contributed by atoms with E-state index in [1.807, 2.05) is 0 Å². The van der Waals surface area contributed by atoms with Gasteiger partial charge in [-0.25, -0.2) is 0 Å². The summed E-state index contributed by atoms with van der Waals surface area (Å²) in [6, 6.07) is 1.70. The second-order valence-electron chi connectivity index (χ2n) is 7.42. The summed E-state index contributed by atoms with van der Waals surface area (Å²) in [6.45, 7) is 4.18. The van der Waals surface area contributed by atoms with Gasteiger partial charge >= 0.3 is 0 Å². The summed E-state index contributed by atoms with van der Waals surface area (Å²) < 4.78 is 0. The van der Waals surface area contributed by atoms with Crippen LogP contribution in [0.15, 0.2) is 0 Å². The van der Waals surface area contributed by atoms with Crippen molar-refractivity contribution in [3.8, 4) is 0 Å². The van der Waals surface area contributed by atoms with Crippen LogP contribution in [0, 0.1) is 17.8 Å². The van der Waals surface area contributed by atoms with E-state index < -0.39 is 0 Å². The molecule has 4 rings (SSSR count). The second kappa shape index (κ2) is 4.79. The van der Waals surface area contributed by atoms with E-state index >= 15 is 0 Å². The molecule has 2 nitrogen and oxygen atoms in total. The lowest BCUT2D eigenvalue weighted by molar-refractivity contribution is 0.277. The van der Waals surface area contributed by atoms with Crippen LogP contribution in [-0.4, -0.2) is 36.6 Å². The molecule has 0 spiro atoms. The van der Waals surface area contributed by atoms with Crippen molar-refractivity contribution in [2.45, 2.75) is 63.5 Å². The maximum atomic E-state index is 3.94. The molecular weight excluding hydrogens is 220 g/mol. The molecule has 0 aromatic carbocycles. The van der Waals surface area contributed by atoms with Crippen molar-refractivity contribution in [3.63, 3.8) is 0 Å². The van der Waals surface area contributed by atoms with Gasteiger partial charge in [0.15, 0.2) is 0 Å². The Morgan fingerprint density at radius 1 is 0.833 bits per heavy atom. The second-order valence-corrected chi connectivity index (χ2v) is 7.42. The largest absolute Gasteiger partial charge is 0.310 e. The van der Waals surface area contributed by atoms with Gasteiger partial charge in [-0.1, -0.05) is 19.3 Å². The average Bonchev–Trinajstić information content (AvgIpc) is 3.01. The third-order valence-electron chi connectivity index (χ3n) is 6.23. The van der Waals surface area contributed by atoms with Gasteiger partial charge in [0.2, 0.25) is 0 Å². The predicted molar refractivity (Wildman–Crippen MR) is 74.6 cm³/mol. The molecule has 0 radical (unpaired) electrons. The topological polar surface area (TPSA) is 15.3 Å². The Morgan fingerprint density at radius 3 is 2.33 bits per heavy atom. The van der Waals surface area contributed by atoms with Crippen molar-refractivity contribution in [1.29, 1.82) is 0 Å². The number of likely N-dealkylation sites (tertiary alicyclic amines) is 1. The summed E-state index contributed by atoms with van der Waals surface area (Å²) >= 11 is 0. The maximum absolute atomic E-state index is 3.94. The average molecular weight is 248 g/mol. The molecule has 0 amide bonds. The first kappa shape index (κ1) is 11.7. The van der Waals surface area contributed by atoms with Gasteiger partial charge < -0.3 is 10.2 Å². The Bertz CT molecular complexity index is 277. The molecule has 2 aliphatic heterocycles. The highest BCUT2D eigenvalue weighted by Gasteiger charge is 2.39. The molecule has 2 aliphatic carbocycles. The van der Waals surface area contributed by atoms with Crippen LogP contribution in [0.5, 0.6) is 0 Å². The van der Waals surface area contributed by atoms with Gasteiger partial charge in [-0.3, -0.25) is 0 Å². The van der Waals surface area contributed by atoms with Gasteiger partial charge in [0.05, 0.1) is 0 Å². The third kappa shape index (κ3) is 2.12. The minimum Gasteiger partial charge on any atom is -0.310 e. The smallest absolute Gasteiger partial charge is 0.0200 e. The van der Waals surface area contributed by atoms with E-state index in [4.69, 9.17) is 0 Å². The highest BCUT2D eigenvalue weighted by Crippen LogP contribution is 2.39. The molecule has 18 heavy (non-hydrogen) atoms. The Morgan fingerprint density at radius 2 is 1.56 bits per heavy atom. The Kier molecular flexibility index (Phi) is 3.12. The van der Waals surface area contributed by atoms with E-state index in [9.17, 15) is 0 Å². The van der Waals surface area contributed by atoms with Crippen molar-refractivity contribution >= 4 is 0 Å². The molecule has 0 aromatic heterocycles. The van der Waals surface area contributed by atoms with Gasteiger partial charge in [0.1, 0.15) is 0 Å². The van der Waals surface area contributed by atoms with Crippen LogP contribution in [0.25, 0.3) is 0 Å². The van der Waals surface area contributed by atoms with E-state index in [0.717, 1.165) is 29.8 Å². The molecule has 2 saturated carbocycles. The lowest BCUT2D eigenvalue weighted by atomic mass is 9.85. The minimum atomic E-state index is 0.817. The van der Waals surface area contributed by atoms with Gasteiger partial charge in [-0.15, -0.1) is 0 Å². The zero-order chi connectivity index (χ0) is 11.9. The first-order valence-corrected chi connectivity index (χ1v) is 8.37. The van der Waals surface area contributed by atoms with E-state index in [-0.39, 0.29) is 0 Å². The lowest BCUT2D eigenvalue weighted by Gasteiger charge is -2.24. The summed E-state index contributed by atoms with van der Waals surface area (Å²) in [5.41, 5.74) is 0. The van der Waals surface area contributed by atoms with Gasteiger partial charge in [-0.05, 0) is 49.9 Å². The molecule has 2 heterocycles. The van der Waals surface area contributed by atoms with Gasteiger partial charge in [0, 0.05) is 31.7 Å². The van der Waals surface area contributed by atoms with Crippen LogP contribution in [0.2, 0.25) is 0 Å². The molecular formula is C16H28N2. The van der Waals surface area contributed by atoms with Crippen LogP contribution in [0.1, 0.15) is 51.4 Å². The van der Waals surface area contributed by atoms with Crippen molar-refractivity contribution in [2.24, 2.45) is 17.8 Å². The number of fused-ring (bicyclic) bond motifs is 2. The lowest BCUT2D eigenvalue weighted by Crippen LogP contribution is -2.40. The zero-order valence-corrected chi connectivity index (χ0v) is 11.6. The molecule has 1 N–H and O–H groups in total. The van der Waals surface area contributed by atoms with Crippen LogP contribution >= 0.6 is 0 Å². The first-order valence-electron chi connectivity index (χ1n) is 8.37. The van der Waals surface area contributed by atoms with E-state index in [0.29, 0.717) is 0 Å². The Balaban J connectivity index is 1.31. The number of rotatable bonds is 2. The first-order chi connectivity index (χ1) is 8.88. The molecule has 5 unspecified atom stereocenters. The van der Waals surface area contributed by atoms with Gasteiger partial charge in [-0.2, -0.15) is 0 Å². The number of hydrogen-bond donors (Lipinski definition) is 1. The van der Waals surface area contributed by atoms with Crippen LogP contribution in [-0.2, 0) is 0 Å². The molecule has 2 saturated heterocycles. The normalized spacial score (nSPS) is 48.3. The fraction of sp³-hybridized carbons (Fsp3) is 1.00. The highest BCUT2D eigenvalue weighted by atomic mass is 15.2. The van der Waals surface area contributed by atoms with Crippen LogP contribution in [0.4, 0.5) is 0 Å². The fourth-order valence-electron chi connectivity index (χ4n) is 5.37. The summed E-state index contributed by atoms with van der Waals surface area (Å²) in [4.78, 5) is 2.78. The molecule has 0 aromatic rings. The van der Waals surface area contributed by atoms with Crippen molar-refractivity contribution in [2.75, 3.05) is 19.6 Å². The molecule has 102 valence electrons. The van der Waals surface area contributed by atoms with Crippen LogP contribution in [0.3, 0.4) is 0 Å². The van der Waals surface area contributed by atoms with E-state index in [2.05, 4.69) is 10.2 Å². The van der Waals surface area contributed by atoms with E-state index in [1.165, 1.54) is 71.0 Å². The Labute approximate surface area is 111 Å². The standard InChI is InChI=1S/C16H28N2/c1-2-7-16-12(4-1)8-15(17-16)11-18-9-13-5-3-6-14(13)10-18/h12-17H,1-11H2. The fourth-order valence-corrected chi connectivity index (χ4v) is 5.37. The van der Waals surface area contributed by atoms with Crippen LogP contribution < -0.4 is 5.32 Å². The number of hydrogen-bond acceptors (Lipinski definition) is 2.